The number of aromatic amines is 1. The van der Waals surface area contributed by atoms with Gasteiger partial charge in [0.25, 0.3) is 0 Å². The minimum absolute atomic E-state index is 0.125. The van der Waals surface area contributed by atoms with Gasteiger partial charge < -0.3 is 19.6 Å². The lowest BCUT2D eigenvalue weighted by Crippen LogP contribution is -2.36. The molecule has 2 N–H and O–H groups in total. The summed E-state index contributed by atoms with van der Waals surface area (Å²) in [5.41, 5.74) is 3.07. The standard InChI is InChI=1S/C16H21NO3/c1-3-16(8-9-18)15-11(7-10-20-16)14-12(17-15)5-4-6-13(14)19-2/h4-6,17-18H,3,7-10H2,1-2H3. The molecule has 1 aromatic carbocycles. The average Bonchev–Trinajstić information content (AvgIpc) is 2.87. The van der Waals surface area contributed by atoms with Crippen LogP contribution in [0.4, 0.5) is 0 Å². The molecule has 3 rings (SSSR count). The van der Waals surface area contributed by atoms with Crippen LogP contribution in [-0.4, -0.2) is 30.4 Å². The third kappa shape index (κ3) is 1.83. The number of nitrogens with one attached hydrogen (secondary N) is 1. The Hall–Kier alpha value is -1.52. The zero-order chi connectivity index (χ0) is 14.2. The Balaban J connectivity index is 2.25. The number of methoxy groups -OCH3 is 1. The van der Waals surface area contributed by atoms with E-state index in [2.05, 4.69) is 18.0 Å². The zero-order valence-electron chi connectivity index (χ0n) is 12.0. The van der Waals surface area contributed by atoms with Gasteiger partial charge in [-0.25, -0.2) is 0 Å². The minimum Gasteiger partial charge on any atom is -0.496 e. The molecular weight excluding hydrogens is 254 g/mol. The Bertz CT molecular complexity index is 619. The van der Waals surface area contributed by atoms with Gasteiger partial charge >= 0.3 is 0 Å². The number of aliphatic hydroxyl groups excluding tert-OH is 1. The van der Waals surface area contributed by atoms with E-state index in [1.807, 2.05) is 12.1 Å². The van der Waals surface area contributed by atoms with Crippen LogP contribution < -0.4 is 4.74 Å². The Morgan fingerprint density at radius 2 is 2.30 bits per heavy atom. The van der Waals surface area contributed by atoms with Crippen LogP contribution in [0.5, 0.6) is 5.75 Å². The van der Waals surface area contributed by atoms with Gasteiger partial charge in [-0.1, -0.05) is 13.0 Å². The lowest BCUT2D eigenvalue weighted by Gasteiger charge is -2.36. The van der Waals surface area contributed by atoms with E-state index in [1.54, 1.807) is 7.11 Å². The molecule has 0 saturated heterocycles. The number of aliphatic hydroxyl groups is 1. The van der Waals surface area contributed by atoms with E-state index in [9.17, 15) is 5.11 Å². The van der Waals surface area contributed by atoms with Gasteiger partial charge in [-0.3, -0.25) is 0 Å². The Kier molecular flexibility index (Phi) is 3.44. The summed E-state index contributed by atoms with van der Waals surface area (Å²) in [5.74, 6) is 0.899. The summed E-state index contributed by atoms with van der Waals surface area (Å²) in [7, 11) is 1.70. The van der Waals surface area contributed by atoms with Gasteiger partial charge in [0.05, 0.1) is 19.4 Å². The van der Waals surface area contributed by atoms with Gasteiger partial charge in [0.15, 0.2) is 0 Å². The summed E-state index contributed by atoms with van der Waals surface area (Å²) in [6, 6.07) is 6.05. The molecule has 0 saturated carbocycles. The fraction of sp³-hybridized carbons (Fsp3) is 0.500. The third-order valence-electron chi connectivity index (χ3n) is 4.38. The largest absolute Gasteiger partial charge is 0.496 e. The highest BCUT2D eigenvalue weighted by molar-refractivity contribution is 5.91. The molecule has 0 amide bonds. The molecule has 1 atom stereocenters. The second-order valence-corrected chi connectivity index (χ2v) is 5.28. The number of rotatable bonds is 4. The molecule has 108 valence electrons. The predicted molar refractivity (Wildman–Crippen MR) is 78.2 cm³/mol. The number of H-pyrrole nitrogens is 1. The number of benzene rings is 1. The van der Waals surface area contributed by atoms with Crippen LogP contribution in [0.1, 0.15) is 31.0 Å². The molecule has 0 bridgehead atoms. The normalized spacial score (nSPS) is 21.9. The molecule has 2 heterocycles. The minimum atomic E-state index is -0.396. The highest BCUT2D eigenvalue weighted by atomic mass is 16.5. The molecule has 0 fully saturated rings. The first-order valence-electron chi connectivity index (χ1n) is 7.18. The second-order valence-electron chi connectivity index (χ2n) is 5.28. The van der Waals surface area contributed by atoms with Gasteiger partial charge in [0.2, 0.25) is 0 Å². The van der Waals surface area contributed by atoms with Crippen LogP contribution in [0.2, 0.25) is 0 Å². The van der Waals surface area contributed by atoms with Crippen molar-refractivity contribution < 1.29 is 14.6 Å². The smallest absolute Gasteiger partial charge is 0.128 e. The van der Waals surface area contributed by atoms with Crippen molar-refractivity contribution in [3.63, 3.8) is 0 Å². The second kappa shape index (κ2) is 5.11. The van der Waals surface area contributed by atoms with Crippen molar-refractivity contribution in [2.45, 2.75) is 31.8 Å². The topological polar surface area (TPSA) is 54.5 Å². The van der Waals surface area contributed by atoms with Crippen molar-refractivity contribution in [1.29, 1.82) is 0 Å². The van der Waals surface area contributed by atoms with E-state index in [1.165, 1.54) is 5.56 Å². The van der Waals surface area contributed by atoms with Crippen molar-refractivity contribution in [3.05, 3.63) is 29.5 Å². The maximum absolute atomic E-state index is 9.40. The summed E-state index contributed by atoms with van der Waals surface area (Å²) in [4.78, 5) is 3.50. The summed E-state index contributed by atoms with van der Waals surface area (Å²) >= 11 is 0. The van der Waals surface area contributed by atoms with Crippen molar-refractivity contribution in [2.75, 3.05) is 20.3 Å². The molecule has 0 radical (unpaired) electrons. The number of aromatic nitrogens is 1. The van der Waals surface area contributed by atoms with Gasteiger partial charge in [-0.2, -0.15) is 0 Å². The zero-order valence-corrected chi connectivity index (χ0v) is 12.0. The molecule has 0 aliphatic carbocycles. The summed E-state index contributed by atoms with van der Waals surface area (Å²) < 4.78 is 11.6. The molecule has 0 spiro atoms. The number of hydrogen-bond donors (Lipinski definition) is 2. The van der Waals surface area contributed by atoms with E-state index < -0.39 is 5.60 Å². The number of fused-ring (bicyclic) bond motifs is 3. The van der Waals surface area contributed by atoms with Gasteiger partial charge in [0.1, 0.15) is 11.4 Å². The van der Waals surface area contributed by atoms with Crippen molar-refractivity contribution in [3.8, 4) is 5.75 Å². The molecule has 2 aromatic rings. The highest BCUT2D eigenvalue weighted by Crippen LogP contribution is 2.43. The molecule has 1 aromatic heterocycles. The van der Waals surface area contributed by atoms with E-state index in [0.29, 0.717) is 13.0 Å². The first-order chi connectivity index (χ1) is 9.75. The number of hydrogen-bond acceptors (Lipinski definition) is 3. The van der Waals surface area contributed by atoms with E-state index in [-0.39, 0.29) is 6.61 Å². The van der Waals surface area contributed by atoms with Crippen LogP contribution in [0.15, 0.2) is 18.2 Å². The van der Waals surface area contributed by atoms with E-state index in [0.717, 1.165) is 35.2 Å². The van der Waals surface area contributed by atoms with Crippen molar-refractivity contribution in [2.24, 2.45) is 0 Å². The van der Waals surface area contributed by atoms with E-state index >= 15 is 0 Å². The van der Waals surface area contributed by atoms with E-state index in [4.69, 9.17) is 9.47 Å². The monoisotopic (exact) mass is 275 g/mol. The number of ether oxygens (including phenoxy) is 2. The fourth-order valence-corrected chi connectivity index (χ4v) is 3.34. The van der Waals surface area contributed by atoms with Gasteiger partial charge in [-0.05, 0) is 30.5 Å². The average molecular weight is 275 g/mol. The molecular formula is C16H21NO3. The molecule has 4 nitrogen and oxygen atoms in total. The maximum atomic E-state index is 9.40. The lowest BCUT2D eigenvalue weighted by molar-refractivity contribution is -0.0795. The molecule has 1 unspecified atom stereocenters. The van der Waals surface area contributed by atoms with Gasteiger partial charge in [-0.15, -0.1) is 0 Å². The predicted octanol–water partition coefficient (Wildman–Crippen LogP) is 2.74. The van der Waals surface area contributed by atoms with Gasteiger partial charge in [0, 0.05) is 23.9 Å². The van der Waals surface area contributed by atoms with Crippen LogP contribution in [0.3, 0.4) is 0 Å². The fourth-order valence-electron chi connectivity index (χ4n) is 3.34. The SMILES string of the molecule is CCC1(CCO)OCCc2c1[nH]c1cccc(OC)c21. The third-order valence-corrected chi connectivity index (χ3v) is 4.38. The van der Waals surface area contributed by atoms with Crippen molar-refractivity contribution in [1.82, 2.24) is 4.98 Å². The molecule has 20 heavy (non-hydrogen) atoms. The first kappa shape index (κ1) is 13.5. The van der Waals surface area contributed by atoms with Crippen molar-refractivity contribution >= 4 is 10.9 Å². The summed E-state index contributed by atoms with van der Waals surface area (Å²) in [6.45, 7) is 2.92. The summed E-state index contributed by atoms with van der Waals surface area (Å²) in [6.07, 6.45) is 2.34. The van der Waals surface area contributed by atoms with Crippen LogP contribution in [-0.2, 0) is 16.8 Å². The first-order valence-corrected chi connectivity index (χ1v) is 7.18. The Morgan fingerprint density at radius 3 is 3.00 bits per heavy atom. The Morgan fingerprint density at radius 1 is 1.45 bits per heavy atom. The lowest BCUT2D eigenvalue weighted by atomic mass is 9.86. The molecule has 1 aliphatic rings. The van der Waals surface area contributed by atoms with Crippen LogP contribution in [0, 0.1) is 0 Å². The highest BCUT2D eigenvalue weighted by Gasteiger charge is 2.38. The molecule has 4 heteroatoms. The maximum Gasteiger partial charge on any atom is 0.128 e. The molecule has 1 aliphatic heterocycles. The summed E-state index contributed by atoms with van der Waals surface area (Å²) in [5, 5.41) is 10.6. The van der Waals surface area contributed by atoms with Crippen LogP contribution >= 0.6 is 0 Å². The van der Waals surface area contributed by atoms with Crippen LogP contribution in [0.25, 0.3) is 10.9 Å². The quantitative estimate of drug-likeness (QED) is 0.902. The Labute approximate surface area is 118 Å².